The third-order valence-electron chi connectivity index (χ3n) is 19.6. The molecule has 10 bridgehead atoms. The van der Waals surface area contributed by atoms with E-state index in [9.17, 15) is 87.9 Å². The van der Waals surface area contributed by atoms with Gasteiger partial charge in [0.25, 0.3) is 10.1 Å². The van der Waals surface area contributed by atoms with Crippen LogP contribution >= 0.6 is 23.2 Å². The first-order valence-corrected chi connectivity index (χ1v) is 38.0. The predicted molar refractivity (Wildman–Crippen MR) is 403 cm³/mol. The molecule has 6 aliphatic heterocycles. The largest absolute Gasteiger partial charge is 0.508 e. The number of rotatable bonds is 16. The average molecular weight is 1650 g/mol. The van der Waals surface area contributed by atoms with Gasteiger partial charge in [-0.3, -0.25) is 37.7 Å². The molecule has 0 saturated carbocycles. The van der Waals surface area contributed by atoms with Crippen LogP contribution in [0.2, 0.25) is 10.0 Å². The second kappa shape index (κ2) is 35.4. The Morgan fingerprint density at radius 1 is 0.711 bits per heavy atom. The van der Waals surface area contributed by atoms with Crippen molar-refractivity contribution < 1.29 is 125 Å². The van der Waals surface area contributed by atoms with E-state index >= 15 is 4.79 Å². The second-order valence-electron chi connectivity index (χ2n) is 29.0. The van der Waals surface area contributed by atoms with Gasteiger partial charge in [0.1, 0.15) is 89.5 Å². The first-order valence-electron chi connectivity index (χ1n) is 35.8. The molecule has 0 spiro atoms. The number of aromatic hydroxyl groups is 3. The summed E-state index contributed by atoms with van der Waals surface area (Å²) in [5, 5.41) is 121. The zero-order chi connectivity index (χ0) is 83.6. The van der Waals surface area contributed by atoms with E-state index in [-0.39, 0.29) is 62.6 Å². The molecule has 6 aromatic rings. The van der Waals surface area contributed by atoms with Crippen LogP contribution in [0.5, 0.6) is 46.0 Å². The Hall–Kier alpha value is -10.0. The molecule has 35 nitrogen and oxygen atoms in total. The third kappa shape index (κ3) is 19.3. The maximum absolute atomic E-state index is 15.2. The van der Waals surface area contributed by atoms with Crippen molar-refractivity contribution in [2.24, 2.45) is 17.4 Å². The van der Waals surface area contributed by atoms with Gasteiger partial charge in [-0.05, 0) is 143 Å². The van der Waals surface area contributed by atoms with Crippen molar-refractivity contribution in [3.05, 3.63) is 146 Å². The van der Waals surface area contributed by atoms with Crippen LogP contribution in [0.4, 0.5) is 0 Å². The molecule has 38 heteroatoms. The fourth-order valence-electron chi connectivity index (χ4n) is 13.9. The van der Waals surface area contributed by atoms with Crippen LogP contribution < -0.4 is 62.9 Å². The molecule has 0 aliphatic carbocycles. The molecule has 0 aromatic heterocycles. The van der Waals surface area contributed by atoms with E-state index < -0.39 is 230 Å². The van der Waals surface area contributed by atoms with Gasteiger partial charge in [0, 0.05) is 34.7 Å². The molecule has 114 heavy (non-hydrogen) atoms. The number of nitrogens with two attached hydrogens (primary N) is 2. The monoisotopic (exact) mass is 1650 g/mol. The molecule has 6 aliphatic rings. The molecule has 6 heterocycles. The van der Waals surface area contributed by atoms with Crippen LogP contribution in [-0.4, -0.2) is 200 Å². The van der Waals surface area contributed by atoms with Crippen LogP contribution in [0.3, 0.4) is 0 Å². The number of phenols is 3. The number of fused-ring (bicyclic) bond motifs is 6. The lowest BCUT2D eigenvalue weighted by molar-refractivity contribution is -0.333. The number of hydrogen-bond acceptors (Lipinski definition) is 27. The summed E-state index contributed by atoms with van der Waals surface area (Å²) in [6, 6.07) is 5.13. The van der Waals surface area contributed by atoms with E-state index in [1.54, 1.807) is 46.8 Å². The molecular formula is C76H89Cl2N9O26S. The highest BCUT2D eigenvalue weighted by Crippen LogP contribution is 2.48. The number of benzene rings is 6. The number of aliphatic hydroxyl groups is 5. The minimum absolute atomic E-state index is 0.126. The first kappa shape index (κ1) is 86.4. The van der Waals surface area contributed by atoms with Gasteiger partial charge in [-0.15, -0.1) is 0 Å². The maximum atomic E-state index is 15.2. The summed E-state index contributed by atoms with van der Waals surface area (Å²) in [5.74, 6) is -14.9. The topological polar surface area (TPSA) is 554 Å². The summed E-state index contributed by atoms with van der Waals surface area (Å²) >= 11 is 14.1. The lowest BCUT2D eigenvalue weighted by Gasteiger charge is -2.47. The average Bonchev–Trinajstić information content (AvgIpc) is 0.768. The van der Waals surface area contributed by atoms with E-state index in [0.29, 0.717) is 11.1 Å². The summed E-state index contributed by atoms with van der Waals surface area (Å²) in [4.78, 5) is 114. The molecule has 20 N–H and O–H groups in total. The number of carboxylic acids is 1. The molecule has 6 aromatic carbocycles. The van der Waals surface area contributed by atoms with E-state index in [2.05, 4.69) is 37.2 Å². The molecule has 0 radical (unpaired) electrons. The van der Waals surface area contributed by atoms with E-state index in [4.69, 9.17) is 67.3 Å². The number of carboxylic acid groups (broad SMARTS) is 1. The van der Waals surface area contributed by atoms with Crippen LogP contribution in [0.25, 0.3) is 11.1 Å². The molecule has 12 rings (SSSR count). The van der Waals surface area contributed by atoms with Crippen molar-refractivity contribution in [3.63, 3.8) is 0 Å². The van der Waals surface area contributed by atoms with E-state index in [0.717, 1.165) is 67.1 Å². The fraction of sp³-hybridized carbons (Fsp3) is 0.421. The molecule has 10 unspecified atom stereocenters. The maximum Gasteiger partial charge on any atom is 0.330 e. The molecule has 2 fully saturated rings. The fourth-order valence-corrected chi connectivity index (χ4v) is 15.7. The quantitative estimate of drug-likeness (QED) is 0.0619. The number of nitrogens with one attached hydrogen (secondary N) is 7. The Morgan fingerprint density at radius 3 is 1.90 bits per heavy atom. The number of aliphatic carboxylic acids is 1. The number of likely N-dealkylation sites (N-methyl/N-ethyl adjacent to an activating group) is 1. The number of halogens is 2. The SMILES string of the molecule is CN[C@H](CC(C)C)C(=O)N[C@H]1C(=O)N[C@@H](CC(N)=O)C(=O)N[C@H](C)C(=O)NC2C(=O)N[C@@H](C(=O)N[C@H](C(=O)O)c3cc(O)cc(O)c3-c3cc2ccc3O)[C@H](O)c2ccc(c(Cl)c2)Oc2cccc(c2OC2OC(COS(=O)(=O)c3c(C)cc(C)cc3C)C(O)C(O)C2OC2CC(C)(N)C(O)C(C)O2)Oc2ccc(cc2Cl)[C@H]1O. The number of hydrogen-bond donors (Lipinski definition) is 18. The van der Waals surface area contributed by atoms with Gasteiger partial charge in [0.15, 0.2) is 29.9 Å². The number of phenolic OH excluding ortho intramolecular Hbond substituents is 3. The van der Waals surface area contributed by atoms with Gasteiger partial charge in [-0.1, -0.05) is 79.0 Å². The molecule has 7 amide bonds. The minimum Gasteiger partial charge on any atom is -0.508 e. The Balaban J connectivity index is 1.14. The van der Waals surface area contributed by atoms with Gasteiger partial charge in [-0.25, -0.2) is 4.79 Å². The van der Waals surface area contributed by atoms with Crippen molar-refractivity contribution in [3.8, 4) is 57.1 Å². The number of aryl methyl sites for hydroxylation is 3. The zero-order valence-electron chi connectivity index (χ0n) is 62.7. The number of carbonyl (C=O) groups is 8. The Morgan fingerprint density at radius 2 is 1.32 bits per heavy atom. The first-order chi connectivity index (χ1) is 53.6. The summed E-state index contributed by atoms with van der Waals surface area (Å²) in [7, 11) is -3.22. The zero-order valence-corrected chi connectivity index (χ0v) is 65.1. The molecular weight excluding hydrogens is 1560 g/mol. The summed E-state index contributed by atoms with van der Waals surface area (Å²) in [6.45, 7) is 11.6. The molecule has 18 atom stereocenters. The van der Waals surface area contributed by atoms with Crippen molar-refractivity contribution in [1.82, 2.24) is 37.2 Å². The standard InChI is InChI=1S/C76H89Cl2N9O26S/c1-30(2)19-44(81-9)69(98)86-58-60(92)37-14-17-48(42(77)23-37)109-50-11-10-12-51(64(50)113-75-65(112-54-28-76(8,80)67(96)35(7)108-54)63(95)62(94)52(111-75)29-107-114(105,106)66-32(4)20-31(3)21-33(66)5)110-49-18-15-38(24-43(49)78)61(93)59-73(102)85-57(74(103)104)41-25-39(88)26-47(90)55(41)40-22-36(13-16-46(40)89)56(71(100)87-59)84-68(97)34(6)82-70(99)45(27-53(79)91)83-72(58)101/h10-18,20-26,30,34-35,44-45,52,54,56-63,65,67,75,81,88-90,92-96H,19,27-29,80H2,1-9H3,(H2,79,91)(H,82,99)(H,83,101)(H,84,97)(H,85,102)(H,86,98)(H,87,100)(H,103,104)/t34-,35?,44-,45+,52?,54?,56?,57+,58-,59-,60-,61-,62?,63?,65?,67?,75?,76?/m1/s1. The van der Waals surface area contributed by atoms with Crippen LogP contribution in [0, 0.1) is 26.7 Å². The van der Waals surface area contributed by atoms with Crippen LogP contribution in [0.15, 0.2) is 102 Å². The van der Waals surface area contributed by atoms with Crippen molar-refractivity contribution in [2.45, 2.75) is 189 Å². The summed E-state index contributed by atoms with van der Waals surface area (Å²) < 4.78 is 72.3. The van der Waals surface area contributed by atoms with Gasteiger partial charge in [-0.2, -0.15) is 8.42 Å². The summed E-state index contributed by atoms with van der Waals surface area (Å²) in [6.07, 6.45) is -19.1. The smallest absolute Gasteiger partial charge is 0.330 e. The van der Waals surface area contributed by atoms with Gasteiger partial charge in [0.05, 0.1) is 46.2 Å². The predicted octanol–water partition coefficient (Wildman–Crippen LogP) is 2.78. The van der Waals surface area contributed by atoms with Crippen molar-refractivity contribution in [1.29, 1.82) is 0 Å². The Kier molecular flexibility index (Phi) is 26.8. The number of aliphatic hydroxyl groups excluding tert-OH is 5. The van der Waals surface area contributed by atoms with Crippen molar-refractivity contribution in [2.75, 3.05) is 13.7 Å². The Bertz CT molecular complexity index is 4800. The lowest BCUT2D eigenvalue weighted by atomic mass is 9.86. The lowest BCUT2D eigenvalue weighted by Crippen LogP contribution is -2.64. The van der Waals surface area contributed by atoms with Crippen molar-refractivity contribution >= 4 is 80.6 Å². The highest BCUT2D eigenvalue weighted by Gasteiger charge is 2.52. The van der Waals surface area contributed by atoms with E-state index in [1.165, 1.54) is 51.2 Å². The number of amides is 7. The highest BCUT2D eigenvalue weighted by atomic mass is 35.5. The highest BCUT2D eigenvalue weighted by molar-refractivity contribution is 7.86. The van der Waals surface area contributed by atoms with Gasteiger partial charge in [0.2, 0.25) is 53.4 Å². The normalized spacial score (nSPS) is 27.4. The number of primary amides is 1. The summed E-state index contributed by atoms with van der Waals surface area (Å²) in [5.41, 5.74) is 9.79. The Labute approximate surface area is 662 Å². The number of carbonyl (C=O) groups excluding carboxylic acids is 7. The second-order valence-corrected chi connectivity index (χ2v) is 31.4. The van der Waals surface area contributed by atoms with Crippen LogP contribution in [-0.2, 0) is 66.9 Å². The third-order valence-corrected chi connectivity index (χ3v) is 21.8. The van der Waals surface area contributed by atoms with E-state index in [1.807, 2.05) is 0 Å². The molecule has 2 saturated heterocycles. The number of ether oxygens (including phenoxy) is 6. The number of para-hydroxylation sites is 1. The van der Waals surface area contributed by atoms with Crippen LogP contribution in [0.1, 0.15) is 117 Å². The van der Waals surface area contributed by atoms with Gasteiger partial charge < -0.3 is 123 Å². The van der Waals surface area contributed by atoms with Gasteiger partial charge >= 0.3 is 5.97 Å². The molecule has 614 valence electrons. The minimum atomic E-state index is -4.68.